The molecule has 1 aliphatic rings. The first-order valence-electron chi connectivity index (χ1n) is 6.42. The highest BCUT2D eigenvalue weighted by atomic mass is 19.1. The largest absolute Gasteiger partial charge is 0.309 e. The van der Waals surface area contributed by atoms with Gasteiger partial charge in [-0.3, -0.25) is 0 Å². The fourth-order valence-electron chi connectivity index (χ4n) is 2.56. The van der Waals surface area contributed by atoms with Gasteiger partial charge in [-0.25, -0.2) is 8.78 Å². The van der Waals surface area contributed by atoms with Crippen molar-refractivity contribution in [1.82, 2.24) is 10.2 Å². The van der Waals surface area contributed by atoms with Crippen molar-refractivity contribution < 1.29 is 8.78 Å². The third kappa shape index (κ3) is 3.27. The van der Waals surface area contributed by atoms with E-state index in [4.69, 9.17) is 0 Å². The normalized spacial score (nSPS) is 25.3. The highest BCUT2D eigenvalue weighted by molar-refractivity contribution is 5.18. The average Bonchev–Trinajstić information content (AvgIpc) is 2.30. The topological polar surface area (TPSA) is 15.3 Å². The summed E-state index contributed by atoms with van der Waals surface area (Å²) in [6, 6.07) is 4.16. The first-order valence-corrected chi connectivity index (χ1v) is 6.42. The Hall–Kier alpha value is -1.00. The molecular weight excluding hydrogens is 234 g/mol. The second kappa shape index (κ2) is 5.76. The molecule has 1 aromatic carbocycles. The smallest absolute Gasteiger partial charge is 0.130 e. The van der Waals surface area contributed by atoms with Gasteiger partial charge in [0, 0.05) is 30.8 Å². The molecule has 1 saturated heterocycles. The molecule has 0 spiro atoms. The molecule has 0 aromatic heterocycles. The summed E-state index contributed by atoms with van der Waals surface area (Å²) in [5.74, 6) is -0.445. The van der Waals surface area contributed by atoms with Crippen LogP contribution in [0.15, 0.2) is 18.2 Å². The highest BCUT2D eigenvalue weighted by Crippen LogP contribution is 2.17. The molecule has 4 heteroatoms. The fourth-order valence-corrected chi connectivity index (χ4v) is 2.56. The lowest BCUT2D eigenvalue weighted by Crippen LogP contribution is -2.46. The van der Waals surface area contributed by atoms with Gasteiger partial charge in [0.2, 0.25) is 0 Å². The molecule has 0 saturated carbocycles. The summed E-state index contributed by atoms with van der Waals surface area (Å²) in [6.45, 7) is 4.79. The van der Waals surface area contributed by atoms with Crippen molar-refractivity contribution in [3.63, 3.8) is 0 Å². The number of hydrogen-bond acceptors (Lipinski definition) is 2. The van der Waals surface area contributed by atoms with Crippen molar-refractivity contribution >= 4 is 0 Å². The fraction of sp³-hybridized carbons (Fsp3) is 0.571. The van der Waals surface area contributed by atoms with Crippen molar-refractivity contribution in [2.75, 3.05) is 20.1 Å². The molecule has 1 N–H and O–H groups in total. The summed E-state index contributed by atoms with van der Waals surface area (Å²) in [4.78, 5) is 2.31. The molecule has 100 valence electrons. The van der Waals surface area contributed by atoms with Gasteiger partial charge in [-0.15, -0.1) is 0 Å². The van der Waals surface area contributed by atoms with Gasteiger partial charge in [0.25, 0.3) is 0 Å². The Bertz CT molecular complexity index is 409. The van der Waals surface area contributed by atoms with Crippen LogP contribution in [-0.2, 0) is 6.54 Å². The average molecular weight is 254 g/mol. The first kappa shape index (κ1) is 13.4. The van der Waals surface area contributed by atoms with Gasteiger partial charge in [-0.1, -0.05) is 13.0 Å². The molecule has 0 amide bonds. The molecule has 1 heterocycles. The number of benzene rings is 1. The van der Waals surface area contributed by atoms with Crippen molar-refractivity contribution in [3.05, 3.63) is 35.4 Å². The Morgan fingerprint density at radius 2 is 2.17 bits per heavy atom. The molecule has 0 aliphatic carbocycles. The van der Waals surface area contributed by atoms with Crippen LogP contribution in [0.1, 0.15) is 18.9 Å². The summed E-state index contributed by atoms with van der Waals surface area (Å²) >= 11 is 0. The summed E-state index contributed by atoms with van der Waals surface area (Å²) in [5, 5.41) is 3.38. The lowest BCUT2D eigenvalue weighted by molar-refractivity contribution is 0.174. The molecule has 18 heavy (non-hydrogen) atoms. The van der Waals surface area contributed by atoms with Crippen LogP contribution in [0.2, 0.25) is 0 Å². The molecule has 2 atom stereocenters. The Morgan fingerprint density at radius 3 is 2.83 bits per heavy atom. The van der Waals surface area contributed by atoms with Crippen LogP contribution in [-0.4, -0.2) is 31.1 Å². The molecule has 1 aromatic rings. The second-order valence-corrected chi connectivity index (χ2v) is 5.25. The lowest BCUT2D eigenvalue weighted by Gasteiger charge is -2.35. The Kier molecular flexibility index (Phi) is 4.30. The number of nitrogens with one attached hydrogen (secondary N) is 1. The van der Waals surface area contributed by atoms with Crippen LogP contribution in [0.4, 0.5) is 8.78 Å². The van der Waals surface area contributed by atoms with Crippen LogP contribution in [0.3, 0.4) is 0 Å². The van der Waals surface area contributed by atoms with E-state index in [0.717, 1.165) is 25.6 Å². The summed E-state index contributed by atoms with van der Waals surface area (Å²) in [6.07, 6.45) is 1.07. The van der Waals surface area contributed by atoms with E-state index < -0.39 is 11.6 Å². The Morgan fingerprint density at radius 1 is 1.39 bits per heavy atom. The summed E-state index contributed by atoms with van der Waals surface area (Å²) in [7, 11) is 2.12. The third-order valence-electron chi connectivity index (χ3n) is 3.68. The summed E-state index contributed by atoms with van der Waals surface area (Å²) in [5.41, 5.74) is 0.530. The molecule has 1 aliphatic heterocycles. The quantitative estimate of drug-likeness (QED) is 0.891. The number of piperidine rings is 1. The molecule has 0 radical (unpaired) electrons. The Balaban J connectivity index is 1.91. The molecular formula is C14H20F2N2. The summed E-state index contributed by atoms with van der Waals surface area (Å²) < 4.78 is 26.3. The Labute approximate surface area is 107 Å². The van der Waals surface area contributed by atoms with Gasteiger partial charge in [0.15, 0.2) is 0 Å². The van der Waals surface area contributed by atoms with Gasteiger partial charge in [0.05, 0.1) is 0 Å². The van der Waals surface area contributed by atoms with Crippen molar-refractivity contribution in [2.24, 2.45) is 5.92 Å². The number of nitrogens with zero attached hydrogens (tertiary/aromatic N) is 1. The van der Waals surface area contributed by atoms with Crippen LogP contribution < -0.4 is 5.32 Å². The van der Waals surface area contributed by atoms with Gasteiger partial charge >= 0.3 is 0 Å². The zero-order chi connectivity index (χ0) is 13.1. The second-order valence-electron chi connectivity index (χ2n) is 5.25. The molecule has 0 bridgehead atoms. The highest BCUT2D eigenvalue weighted by Gasteiger charge is 2.23. The molecule has 2 nitrogen and oxygen atoms in total. The predicted molar refractivity (Wildman–Crippen MR) is 68.3 cm³/mol. The number of likely N-dealkylation sites (tertiary alicyclic amines) is 1. The van der Waals surface area contributed by atoms with Crippen LogP contribution >= 0.6 is 0 Å². The van der Waals surface area contributed by atoms with Crippen LogP contribution in [0.5, 0.6) is 0 Å². The van der Waals surface area contributed by atoms with Crippen molar-refractivity contribution in [1.29, 1.82) is 0 Å². The maximum Gasteiger partial charge on any atom is 0.130 e. The van der Waals surface area contributed by atoms with Crippen molar-refractivity contribution in [2.45, 2.75) is 25.9 Å². The van der Waals surface area contributed by atoms with E-state index >= 15 is 0 Å². The van der Waals surface area contributed by atoms with E-state index in [1.165, 1.54) is 12.1 Å². The molecule has 0 unspecified atom stereocenters. The van der Waals surface area contributed by atoms with E-state index in [0.29, 0.717) is 24.1 Å². The van der Waals surface area contributed by atoms with Gasteiger partial charge in [0.1, 0.15) is 11.6 Å². The predicted octanol–water partition coefficient (Wildman–Crippen LogP) is 2.39. The van der Waals surface area contributed by atoms with Gasteiger partial charge < -0.3 is 10.2 Å². The van der Waals surface area contributed by atoms with Crippen LogP contribution in [0.25, 0.3) is 0 Å². The van der Waals surface area contributed by atoms with Gasteiger partial charge in [-0.2, -0.15) is 0 Å². The zero-order valence-corrected chi connectivity index (χ0v) is 10.9. The van der Waals surface area contributed by atoms with E-state index in [1.54, 1.807) is 0 Å². The number of hydrogen-bond donors (Lipinski definition) is 1. The molecule has 2 rings (SSSR count). The maximum absolute atomic E-state index is 13.5. The zero-order valence-electron chi connectivity index (χ0n) is 10.9. The molecule has 1 fully saturated rings. The SMILES string of the molecule is C[C@@H]1CN(C)CC[C@@H]1NCc1ccc(F)cc1F. The standard InChI is InChI=1S/C14H20F2N2/c1-10-9-18(2)6-5-14(10)17-8-11-3-4-12(15)7-13(11)16/h3-4,7,10,14,17H,5-6,8-9H2,1-2H3/t10-,14+/m1/s1. The number of halogens is 2. The first-order chi connectivity index (χ1) is 8.56. The maximum atomic E-state index is 13.5. The van der Waals surface area contributed by atoms with E-state index in [1.807, 2.05) is 0 Å². The van der Waals surface area contributed by atoms with Crippen molar-refractivity contribution in [3.8, 4) is 0 Å². The van der Waals surface area contributed by atoms with Crippen LogP contribution in [0, 0.1) is 17.6 Å². The number of rotatable bonds is 3. The minimum Gasteiger partial charge on any atom is -0.309 e. The van der Waals surface area contributed by atoms with E-state index in [9.17, 15) is 8.78 Å². The minimum atomic E-state index is -0.524. The third-order valence-corrected chi connectivity index (χ3v) is 3.68. The lowest BCUT2D eigenvalue weighted by atomic mass is 9.94. The minimum absolute atomic E-state index is 0.408. The van der Waals surface area contributed by atoms with Gasteiger partial charge in [-0.05, 0) is 32.0 Å². The van der Waals surface area contributed by atoms with E-state index in [2.05, 4.69) is 24.2 Å². The van der Waals surface area contributed by atoms with E-state index in [-0.39, 0.29) is 0 Å². The monoisotopic (exact) mass is 254 g/mol.